The Kier molecular flexibility index (Phi) is 5.31. The van der Waals surface area contributed by atoms with Crippen molar-refractivity contribution in [2.75, 3.05) is 23.7 Å². The molecule has 0 aromatic carbocycles. The molecule has 0 radical (unpaired) electrons. The van der Waals surface area contributed by atoms with Gasteiger partial charge in [0.05, 0.1) is 15.6 Å². The molecule has 1 aliphatic rings. The molecule has 4 heteroatoms. The number of ketones is 1. The smallest absolute Gasteiger partial charge is 0.177 e. The first-order chi connectivity index (χ1) is 9.90. The van der Waals surface area contributed by atoms with E-state index in [0.29, 0.717) is 5.69 Å². The first-order valence-electron chi connectivity index (χ1n) is 8.08. The van der Waals surface area contributed by atoms with Gasteiger partial charge in [-0.1, -0.05) is 27.7 Å². The fourth-order valence-electron chi connectivity index (χ4n) is 3.01. The highest BCUT2D eigenvalue weighted by molar-refractivity contribution is 7.18. The number of nitrogens with two attached hydrogens (primary N) is 1. The summed E-state index contributed by atoms with van der Waals surface area (Å²) in [6.07, 6.45) is 3.78. The van der Waals surface area contributed by atoms with Crippen LogP contribution >= 0.6 is 11.3 Å². The molecule has 1 saturated heterocycles. The van der Waals surface area contributed by atoms with E-state index in [2.05, 4.69) is 18.7 Å². The summed E-state index contributed by atoms with van der Waals surface area (Å²) in [6, 6.07) is 2.00. The highest BCUT2D eigenvalue weighted by Crippen LogP contribution is 2.36. The van der Waals surface area contributed by atoms with E-state index < -0.39 is 0 Å². The van der Waals surface area contributed by atoms with Gasteiger partial charge >= 0.3 is 0 Å². The van der Waals surface area contributed by atoms with Gasteiger partial charge in [0, 0.05) is 19.0 Å². The van der Waals surface area contributed by atoms with E-state index in [1.54, 1.807) is 11.3 Å². The van der Waals surface area contributed by atoms with Crippen LogP contribution < -0.4 is 10.6 Å². The highest BCUT2D eigenvalue weighted by Gasteiger charge is 2.23. The van der Waals surface area contributed by atoms with Gasteiger partial charge < -0.3 is 10.6 Å². The second-order valence-corrected chi connectivity index (χ2v) is 7.84. The standard InChI is InChI=1S/C17H28N2OS/c1-11(2)13-6-5-8-19(9-7-13)15-10-14(18)17(21-15)16(20)12(3)4/h10-13H,5-9,18H2,1-4H3. The summed E-state index contributed by atoms with van der Waals surface area (Å²) in [6.45, 7) is 10.7. The van der Waals surface area contributed by atoms with Crippen molar-refractivity contribution in [1.82, 2.24) is 0 Å². The minimum atomic E-state index is 0.00764. The zero-order chi connectivity index (χ0) is 15.6. The van der Waals surface area contributed by atoms with Crippen molar-refractivity contribution < 1.29 is 4.79 Å². The highest BCUT2D eigenvalue weighted by atomic mass is 32.1. The fraction of sp³-hybridized carbons (Fsp3) is 0.706. The Bertz CT molecular complexity index is 493. The molecule has 0 aliphatic carbocycles. The summed E-state index contributed by atoms with van der Waals surface area (Å²) in [5.41, 5.74) is 6.72. The molecule has 21 heavy (non-hydrogen) atoms. The van der Waals surface area contributed by atoms with Gasteiger partial charge in [-0.05, 0) is 37.2 Å². The zero-order valence-corrected chi connectivity index (χ0v) is 14.5. The van der Waals surface area contributed by atoms with Crippen LogP contribution in [0.15, 0.2) is 6.07 Å². The molecular formula is C17H28N2OS. The molecule has 1 fully saturated rings. The third-order valence-electron chi connectivity index (χ3n) is 4.52. The average molecular weight is 308 g/mol. The number of carbonyl (C=O) groups excluding carboxylic acids is 1. The zero-order valence-electron chi connectivity index (χ0n) is 13.7. The molecule has 0 saturated carbocycles. The van der Waals surface area contributed by atoms with E-state index in [1.165, 1.54) is 24.3 Å². The van der Waals surface area contributed by atoms with Crippen LogP contribution in [0, 0.1) is 17.8 Å². The summed E-state index contributed by atoms with van der Waals surface area (Å²) in [5, 5.41) is 1.17. The number of rotatable bonds is 4. The quantitative estimate of drug-likeness (QED) is 0.837. The van der Waals surface area contributed by atoms with Gasteiger partial charge in [-0.2, -0.15) is 0 Å². The van der Waals surface area contributed by atoms with Crippen molar-refractivity contribution in [2.24, 2.45) is 17.8 Å². The third-order valence-corrected chi connectivity index (χ3v) is 5.75. The van der Waals surface area contributed by atoms with Crippen LogP contribution in [0.3, 0.4) is 0 Å². The SMILES string of the molecule is CC(C)C(=O)c1sc(N2CCCC(C(C)C)CC2)cc1N. The number of hydrogen-bond acceptors (Lipinski definition) is 4. The van der Waals surface area contributed by atoms with Crippen molar-refractivity contribution in [2.45, 2.75) is 47.0 Å². The Balaban J connectivity index is 2.12. The molecule has 0 spiro atoms. The molecule has 0 bridgehead atoms. The monoisotopic (exact) mass is 308 g/mol. The lowest BCUT2D eigenvalue weighted by molar-refractivity contribution is 0.0944. The van der Waals surface area contributed by atoms with Crippen LogP contribution in [0.2, 0.25) is 0 Å². The molecule has 1 aromatic rings. The summed E-state index contributed by atoms with van der Waals surface area (Å²) < 4.78 is 0. The Hall–Kier alpha value is -1.03. The molecule has 118 valence electrons. The summed E-state index contributed by atoms with van der Waals surface area (Å²) in [5.74, 6) is 1.76. The second-order valence-electron chi connectivity index (χ2n) is 6.81. The van der Waals surface area contributed by atoms with Gasteiger partial charge in [-0.3, -0.25) is 4.79 Å². The lowest BCUT2D eigenvalue weighted by atomic mass is 9.89. The topological polar surface area (TPSA) is 46.3 Å². The van der Waals surface area contributed by atoms with Gasteiger partial charge in [0.25, 0.3) is 0 Å². The fourth-order valence-corrected chi connectivity index (χ4v) is 4.23. The van der Waals surface area contributed by atoms with Crippen LogP contribution in [-0.2, 0) is 0 Å². The summed E-state index contributed by atoms with van der Waals surface area (Å²) >= 11 is 1.57. The number of nitrogen functional groups attached to an aromatic ring is 1. The van der Waals surface area contributed by atoms with Crippen LogP contribution in [0.5, 0.6) is 0 Å². The van der Waals surface area contributed by atoms with E-state index in [1.807, 2.05) is 19.9 Å². The number of anilines is 2. The Morgan fingerprint density at radius 1 is 1.29 bits per heavy atom. The second kappa shape index (κ2) is 6.82. The van der Waals surface area contributed by atoms with E-state index in [9.17, 15) is 4.79 Å². The van der Waals surface area contributed by atoms with Gasteiger partial charge in [0.15, 0.2) is 5.78 Å². The lowest BCUT2D eigenvalue weighted by Gasteiger charge is -2.21. The first kappa shape index (κ1) is 16.3. The number of Topliss-reactive ketones (excluding diaryl/α,β-unsaturated/α-hetero) is 1. The van der Waals surface area contributed by atoms with Crippen LogP contribution in [0.25, 0.3) is 0 Å². The van der Waals surface area contributed by atoms with Crippen LogP contribution in [-0.4, -0.2) is 18.9 Å². The largest absolute Gasteiger partial charge is 0.397 e. The Morgan fingerprint density at radius 2 is 2.00 bits per heavy atom. The van der Waals surface area contributed by atoms with E-state index >= 15 is 0 Å². The molecule has 1 unspecified atom stereocenters. The molecule has 1 aliphatic heterocycles. The first-order valence-corrected chi connectivity index (χ1v) is 8.90. The van der Waals surface area contributed by atoms with Crippen molar-refractivity contribution in [3.63, 3.8) is 0 Å². The predicted octanol–water partition coefficient (Wildman–Crippen LogP) is 4.43. The summed E-state index contributed by atoms with van der Waals surface area (Å²) in [4.78, 5) is 15.3. The maximum absolute atomic E-state index is 12.2. The molecular weight excluding hydrogens is 280 g/mol. The molecule has 3 nitrogen and oxygen atoms in total. The lowest BCUT2D eigenvalue weighted by Crippen LogP contribution is -2.23. The van der Waals surface area contributed by atoms with E-state index in [4.69, 9.17) is 5.73 Å². The number of nitrogens with zero attached hydrogens (tertiary/aromatic N) is 1. The van der Waals surface area contributed by atoms with Crippen LogP contribution in [0.1, 0.15) is 56.6 Å². The van der Waals surface area contributed by atoms with E-state index in [0.717, 1.165) is 29.8 Å². The van der Waals surface area contributed by atoms with Gasteiger partial charge in [-0.25, -0.2) is 0 Å². The predicted molar refractivity (Wildman–Crippen MR) is 92.3 cm³/mol. The van der Waals surface area contributed by atoms with Crippen molar-refractivity contribution in [3.8, 4) is 0 Å². The molecule has 2 N–H and O–H groups in total. The molecule has 0 amide bonds. The average Bonchev–Trinajstić information content (AvgIpc) is 2.65. The van der Waals surface area contributed by atoms with Gasteiger partial charge in [0.2, 0.25) is 0 Å². The Labute approximate surface area is 132 Å². The van der Waals surface area contributed by atoms with Crippen molar-refractivity contribution in [1.29, 1.82) is 0 Å². The Morgan fingerprint density at radius 3 is 2.62 bits per heavy atom. The maximum atomic E-state index is 12.2. The number of hydrogen-bond donors (Lipinski definition) is 1. The third kappa shape index (κ3) is 3.79. The van der Waals surface area contributed by atoms with Crippen molar-refractivity contribution in [3.05, 3.63) is 10.9 Å². The molecule has 2 heterocycles. The van der Waals surface area contributed by atoms with Gasteiger partial charge in [-0.15, -0.1) is 11.3 Å². The van der Waals surface area contributed by atoms with Crippen molar-refractivity contribution >= 4 is 27.8 Å². The minimum Gasteiger partial charge on any atom is -0.397 e. The number of thiophene rings is 1. The maximum Gasteiger partial charge on any atom is 0.177 e. The minimum absolute atomic E-state index is 0.00764. The van der Waals surface area contributed by atoms with E-state index in [-0.39, 0.29) is 11.7 Å². The molecule has 2 rings (SSSR count). The normalized spacial score (nSPS) is 20.1. The van der Waals surface area contributed by atoms with Gasteiger partial charge in [0.1, 0.15) is 0 Å². The molecule has 1 atom stereocenters. The summed E-state index contributed by atoms with van der Waals surface area (Å²) in [7, 11) is 0. The number of carbonyl (C=O) groups is 1. The van der Waals surface area contributed by atoms with Crippen LogP contribution in [0.4, 0.5) is 10.7 Å². The molecule has 1 aromatic heterocycles.